The summed E-state index contributed by atoms with van der Waals surface area (Å²) in [4.78, 5) is 2.23. The van der Waals surface area contributed by atoms with Crippen LogP contribution in [0.5, 0.6) is 0 Å². The van der Waals surface area contributed by atoms with E-state index < -0.39 is 0 Å². The van der Waals surface area contributed by atoms with Crippen LogP contribution in [0.2, 0.25) is 0 Å². The van der Waals surface area contributed by atoms with Crippen molar-refractivity contribution in [3.05, 3.63) is 64.1 Å². The van der Waals surface area contributed by atoms with E-state index in [1.54, 1.807) is 0 Å². The molecule has 0 spiro atoms. The third-order valence-electron chi connectivity index (χ3n) is 3.22. The van der Waals surface area contributed by atoms with Crippen molar-refractivity contribution in [3.63, 3.8) is 0 Å². The predicted molar refractivity (Wildman–Crippen MR) is 85.3 cm³/mol. The second kappa shape index (κ2) is 6.22. The lowest BCUT2D eigenvalue weighted by molar-refractivity contribution is 0.817. The van der Waals surface area contributed by atoms with Crippen molar-refractivity contribution in [3.8, 4) is 0 Å². The third kappa shape index (κ3) is 3.58. The number of benzene rings is 2. The minimum Gasteiger partial charge on any atom is -0.370 e. The van der Waals surface area contributed by atoms with Crippen LogP contribution >= 0.6 is 15.9 Å². The summed E-state index contributed by atoms with van der Waals surface area (Å²) >= 11 is 3.58. The first-order valence-corrected chi connectivity index (χ1v) is 7.17. The molecule has 0 radical (unpaired) electrons. The van der Waals surface area contributed by atoms with Crippen LogP contribution in [0.25, 0.3) is 0 Å². The van der Waals surface area contributed by atoms with E-state index in [1.165, 1.54) is 11.3 Å². The van der Waals surface area contributed by atoms with Gasteiger partial charge in [-0.25, -0.2) is 0 Å². The van der Waals surface area contributed by atoms with E-state index in [1.807, 2.05) is 13.0 Å². The van der Waals surface area contributed by atoms with Crippen molar-refractivity contribution >= 4 is 21.6 Å². The molecule has 0 heterocycles. The minimum absolute atomic E-state index is 0.0858. The Bertz CT molecular complexity index is 535. The highest BCUT2D eigenvalue weighted by atomic mass is 79.9. The summed E-state index contributed by atoms with van der Waals surface area (Å²) in [7, 11) is 2.10. The van der Waals surface area contributed by atoms with Crippen molar-refractivity contribution < 1.29 is 0 Å². The van der Waals surface area contributed by atoms with Gasteiger partial charge in [0.25, 0.3) is 0 Å². The van der Waals surface area contributed by atoms with Crippen LogP contribution in [0.15, 0.2) is 53.0 Å². The van der Waals surface area contributed by atoms with Gasteiger partial charge >= 0.3 is 0 Å². The lowest BCUT2D eigenvalue weighted by Crippen LogP contribution is -2.16. The monoisotopic (exact) mass is 318 g/mol. The van der Waals surface area contributed by atoms with Crippen LogP contribution < -0.4 is 10.6 Å². The van der Waals surface area contributed by atoms with Crippen LogP contribution in [0.1, 0.15) is 24.1 Å². The summed E-state index contributed by atoms with van der Waals surface area (Å²) in [5.74, 6) is 0. The molecule has 0 aliphatic heterocycles. The van der Waals surface area contributed by atoms with Gasteiger partial charge in [-0.05, 0) is 36.2 Å². The van der Waals surface area contributed by atoms with Crippen LogP contribution in [0.4, 0.5) is 5.69 Å². The smallest absolute Gasteiger partial charge is 0.0437 e. The van der Waals surface area contributed by atoms with E-state index in [0.29, 0.717) is 0 Å². The molecule has 0 bridgehead atoms. The number of nitrogens with two attached hydrogens (primary N) is 1. The number of rotatable bonds is 4. The fraction of sp³-hybridized carbons (Fsp3) is 0.250. The maximum absolute atomic E-state index is 5.86. The van der Waals surface area contributed by atoms with Crippen LogP contribution in [-0.4, -0.2) is 7.05 Å². The Morgan fingerprint density at radius 3 is 2.32 bits per heavy atom. The number of nitrogens with zero attached hydrogens (tertiary/aromatic N) is 1. The highest BCUT2D eigenvalue weighted by Crippen LogP contribution is 2.22. The first-order chi connectivity index (χ1) is 9.08. The van der Waals surface area contributed by atoms with Crippen LogP contribution in [0.3, 0.4) is 0 Å². The molecule has 3 heteroatoms. The van der Waals surface area contributed by atoms with Crippen LogP contribution in [-0.2, 0) is 6.54 Å². The lowest BCUT2D eigenvalue weighted by Gasteiger charge is -2.20. The molecule has 0 saturated carbocycles. The Balaban J connectivity index is 2.12. The lowest BCUT2D eigenvalue weighted by atomic mass is 10.1. The molecular formula is C16H19BrN2. The maximum Gasteiger partial charge on any atom is 0.0437 e. The van der Waals surface area contributed by atoms with Crippen molar-refractivity contribution in [1.29, 1.82) is 0 Å². The maximum atomic E-state index is 5.86. The fourth-order valence-corrected chi connectivity index (χ4v) is 2.42. The van der Waals surface area contributed by atoms with E-state index in [0.717, 1.165) is 16.6 Å². The zero-order chi connectivity index (χ0) is 13.8. The highest BCUT2D eigenvalue weighted by Gasteiger charge is 2.05. The van der Waals surface area contributed by atoms with Gasteiger partial charge in [0.2, 0.25) is 0 Å². The standard InChI is InChI=1S/C16H19BrN2/c1-12(18)13-7-9-15(10-8-13)19(2)11-14-5-3-4-6-16(14)17/h3-10,12H,11,18H2,1-2H3. The van der Waals surface area contributed by atoms with Crippen molar-refractivity contribution in [2.24, 2.45) is 5.73 Å². The molecule has 2 nitrogen and oxygen atoms in total. The number of halogens is 1. The zero-order valence-electron chi connectivity index (χ0n) is 11.3. The van der Waals surface area contributed by atoms with Gasteiger partial charge in [-0.1, -0.05) is 46.3 Å². The molecular weight excluding hydrogens is 300 g/mol. The van der Waals surface area contributed by atoms with Gasteiger partial charge in [0, 0.05) is 29.8 Å². The molecule has 1 unspecified atom stereocenters. The van der Waals surface area contributed by atoms with Crippen LogP contribution in [0, 0.1) is 0 Å². The predicted octanol–water partition coefficient (Wildman–Crippen LogP) is 4.11. The molecule has 100 valence electrons. The number of hydrogen-bond acceptors (Lipinski definition) is 2. The van der Waals surface area contributed by atoms with Gasteiger partial charge in [-0.3, -0.25) is 0 Å². The van der Waals surface area contributed by atoms with Gasteiger partial charge < -0.3 is 10.6 Å². The van der Waals surface area contributed by atoms with Gasteiger partial charge in [-0.15, -0.1) is 0 Å². The van der Waals surface area contributed by atoms with E-state index in [2.05, 4.69) is 70.3 Å². The molecule has 0 fully saturated rings. The fourth-order valence-electron chi connectivity index (χ4n) is 2.01. The summed E-state index contributed by atoms with van der Waals surface area (Å²) in [5.41, 5.74) is 9.50. The molecule has 2 rings (SSSR count). The first-order valence-electron chi connectivity index (χ1n) is 6.38. The largest absolute Gasteiger partial charge is 0.370 e. The molecule has 0 aliphatic rings. The van der Waals surface area contributed by atoms with Crippen molar-refractivity contribution in [2.45, 2.75) is 19.5 Å². The SMILES string of the molecule is CC(N)c1ccc(N(C)Cc2ccccc2Br)cc1. The molecule has 2 aromatic rings. The summed E-state index contributed by atoms with van der Waals surface area (Å²) in [5, 5.41) is 0. The van der Waals surface area contributed by atoms with Gasteiger partial charge in [0.15, 0.2) is 0 Å². The summed E-state index contributed by atoms with van der Waals surface area (Å²) < 4.78 is 1.15. The third-order valence-corrected chi connectivity index (χ3v) is 4.00. The summed E-state index contributed by atoms with van der Waals surface area (Å²) in [6.07, 6.45) is 0. The number of anilines is 1. The Morgan fingerprint density at radius 1 is 1.11 bits per heavy atom. The van der Waals surface area contributed by atoms with Gasteiger partial charge in [0.05, 0.1) is 0 Å². The van der Waals surface area contributed by atoms with Crippen molar-refractivity contribution in [1.82, 2.24) is 0 Å². The average molecular weight is 319 g/mol. The molecule has 1 atom stereocenters. The molecule has 0 aliphatic carbocycles. The second-order valence-electron chi connectivity index (χ2n) is 4.83. The summed E-state index contributed by atoms with van der Waals surface area (Å²) in [6, 6.07) is 16.8. The first kappa shape index (κ1) is 14.1. The van der Waals surface area contributed by atoms with Crippen molar-refractivity contribution in [2.75, 3.05) is 11.9 Å². The zero-order valence-corrected chi connectivity index (χ0v) is 12.9. The minimum atomic E-state index is 0.0858. The second-order valence-corrected chi connectivity index (χ2v) is 5.68. The molecule has 0 saturated heterocycles. The van der Waals surface area contributed by atoms with E-state index in [4.69, 9.17) is 5.73 Å². The Hall–Kier alpha value is -1.32. The Labute approximate surface area is 123 Å². The molecule has 0 aromatic heterocycles. The molecule has 19 heavy (non-hydrogen) atoms. The van der Waals surface area contributed by atoms with E-state index >= 15 is 0 Å². The normalized spacial score (nSPS) is 12.2. The topological polar surface area (TPSA) is 29.3 Å². The summed E-state index contributed by atoms with van der Waals surface area (Å²) in [6.45, 7) is 2.87. The molecule has 2 N–H and O–H groups in total. The van der Waals surface area contributed by atoms with Gasteiger partial charge in [-0.2, -0.15) is 0 Å². The average Bonchev–Trinajstić information content (AvgIpc) is 2.41. The van der Waals surface area contributed by atoms with E-state index in [-0.39, 0.29) is 6.04 Å². The Kier molecular flexibility index (Phi) is 4.61. The number of hydrogen-bond donors (Lipinski definition) is 1. The molecule has 0 amide bonds. The van der Waals surface area contributed by atoms with E-state index in [9.17, 15) is 0 Å². The Morgan fingerprint density at radius 2 is 1.74 bits per heavy atom. The quantitative estimate of drug-likeness (QED) is 0.919. The van der Waals surface area contributed by atoms with Gasteiger partial charge in [0.1, 0.15) is 0 Å². The highest BCUT2D eigenvalue weighted by molar-refractivity contribution is 9.10. The molecule has 2 aromatic carbocycles.